The third-order valence-electron chi connectivity index (χ3n) is 25.3. The highest BCUT2D eigenvalue weighted by Crippen LogP contribution is 2.34. The maximum Gasteiger partial charge on any atom is 0.333 e. The second-order valence-electron chi connectivity index (χ2n) is 39.3. The predicted octanol–water partition coefficient (Wildman–Crippen LogP) is 9.29. The van der Waals surface area contributed by atoms with Gasteiger partial charge in [-0.25, -0.2) is 51.4 Å². The molecule has 5 fully saturated rings. The summed E-state index contributed by atoms with van der Waals surface area (Å²) < 4.78 is 27.9. The first-order chi connectivity index (χ1) is 69.1. The van der Waals surface area contributed by atoms with Gasteiger partial charge in [-0.3, -0.25) is 74.0 Å². The van der Waals surface area contributed by atoms with E-state index in [9.17, 15) is 97.5 Å². The summed E-state index contributed by atoms with van der Waals surface area (Å²) >= 11 is 0. The number of benzene rings is 5. The van der Waals surface area contributed by atoms with Crippen molar-refractivity contribution in [3.05, 3.63) is 179 Å². The molecule has 0 radical (unpaired) electrons. The Kier molecular flexibility index (Phi) is 53.5. The van der Waals surface area contributed by atoms with Gasteiger partial charge in [-0.1, -0.05) is 221 Å². The van der Waals surface area contributed by atoms with Gasteiger partial charge in [-0.05, 0) is 218 Å². The average Bonchev–Trinajstić information content (AvgIpc) is 1.42. The van der Waals surface area contributed by atoms with E-state index in [2.05, 4.69) is 26.6 Å². The fourth-order valence-electron chi connectivity index (χ4n) is 17.7. The van der Waals surface area contributed by atoms with E-state index in [1.807, 2.05) is 69.2 Å². The maximum absolute atomic E-state index is 12.9. The van der Waals surface area contributed by atoms with Crippen molar-refractivity contribution in [3.63, 3.8) is 0 Å². The van der Waals surface area contributed by atoms with Gasteiger partial charge in [-0.15, -0.1) is 0 Å². The lowest BCUT2D eigenvalue weighted by Crippen LogP contribution is -2.47. The van der Waals surface area contributed by atoms with Gasteiger partial charge in [0, 0.05) is 0 Å². The lowest BCUT2D eigenvalue weighted by Gasteiger charge is -2.26. The van der Waals surface area contributed by atoms with E-state index in [0.29, 0.717) is 27.8 Å². The predicted molar refractivity (Wildman–Crippen MR) is 523 cm³/mol. The molecule has 0 heterocycles. The zero-order valence-corrected chi connectivity index (χ0v) is 84.2. The summed E-state index contributed by atoms with van der Waals surface area (Å²) in [5, 5.41) is 108. The molecule has 10 rings (SSSR count). The van der Waals surface area contributed by atoms with Crippen LogP contribution in [0.3, 0.4) is 0 Å². The molecular weight excluding hydrogens is 1880 g/mol. The minimum atomic E-state index is -1.75. The second kappa shape index (κ2) is 63.9. The number of nitrogens with one attached hydrogen (secondary N) is 10. The van der Waals surface area contributed by atoms with Gasteiger partial charge < -0.3 is 75.8 Å². The summed E-state index contributed by atoms with van der Waals surface area (Å²) in [6.07, 6.45) is 9.40. The number of rotatable bonds is 45. The largest absolute Gasteiger partial charge is 0.461 e. The van der Waals surface area contributed by atoms with Crippen molar-refractivity contribution in [1.29, 1.82) is 0 Å². The highest BCUT2D eigenvalue weighted by molar-refractivity contribution is 5.96. The third-order valence-corrected chi connectivity index (χ3v) is 25.3. The molecule has 40 nitrogen and oxygen atoms in total. The summed E-state index contributed by atoms with van der Waals surface area (Å²) in [6, 6.07) is 38.2. The molecule has 20 N–H and O–H groups in total. The molecule has 5 aliphatic rings. The Hall–Kier alpha value is -12.3. The van der Waals surface area contributed by atoms with Crippen LogP contribution in [0.5, 0.6) is 0 Å². The zero-order valence-electron chi connectivity index (χ0n) is 84.2. The van der Waals surface area contributed by atoms with Crippen LogP contribution in [0, 0.1) is 59.2 Å². The number of aliphatic hydroxyl groups excluding tert-OH is 5. The quantitative estimate of drug-likeness (QED) is 0.00746. The molecule has 5 aromatic carbocycles. The maximum atomic E-state index is 12.9. The molecule has 0 spiro atoms. The van der Waals surface area contributed by atoms with Gasteiger partial charge in [0.15, 0.2) is 30.2 Å². The van der Waals surface area contributed by atoms with E-state index in [1.54, 1.807) is 152 Å². The molecule has 0 bridgehead atoms. The number of hydrogen-bond acceptors (Lipinski definition) is 30. The number of hydrogen-bond donors (Lipinski definition) is 20. The molecule has 5 aromatic rings. The fraction of sp³-hybridized carbons (Fsp3) is 0.571. The summed E-state index contributed by atoms with van der Waals surface area (Å²) in [4.78, 5) is 187. The van der Waals surface area contributed by atoms with Gasteiger partial charge >= 0.3 is 29.8 Å². The number of esters is 5. The van der Waals surface area contributed by atoms with E-state index in [0.717, 1.165) is 128 Å². The molecular formula is C105H150N10O30. The van der Waals surface area contributed by atoms with Gasteiger partial charge in [0.1, 0.15) is 61.0 Å². The standard InChI is InChI=1S/5C21H30N2O6/c5*1-13(2)12-16(18(24)20(26)23-28)19(25)22-17(14-8-4-3-5-9-14)21(27)29-15-10-6-7-11-15/h5*3-5,8-9,13,15-18,24,28H,6-7,10-12H2,1-2H3,(H,22,25)(H,23,26)/t5*16-,17+,18+/m11111/s1. The van der Waals surface area contributed by atoms with Crippen molar-refractivity contribution in [2.24, 2.45) is 59.2 Å². The zero-order chi connectivity index (χ0) is 107. The molecule has 15 atom stereocenters. The second-order valence-corrected chi connectivity index (χ2v) is 39.3. The fourth-order valence-corrected chi connectivity index (χ4v) is 17.7. The molecule has 145 heavy (non-hydrogen) atoms. The van der Waals surface area contributed by atoms with E-state index < -0.39 is 179 Å². The first-order valence-electron chi connectivity index (χ1n) is 50.0. The van der Waals surface area contributed by atoms with Crippen molar-refractivity contribution in [2.45, 2.75) is 321 Å². The van der Waals surface area contributed by atoms with Crippen LogP contribution in [0.1, 0.15) is 288 Å². The smallest absolute Gasteiger partial charge is 0.333 e. The Labute approximate surface area is 845 Å². The molecule has 10 amide bonds. The minimum absolute atomic E-state index is 0.00694. The summed E-state index contributed by atoms with van der Waals surface area (Å²) in [6.45, 7) is 18.4. The van der Waals surface area contributed by atoms with Crippen LogP contribution in [0.25, 0.3) is 0 Å². The van der Waals surface area contributed by atoms with Crippen molar-refractivity contribution in [1.82, 2.24) is 54.0 Å². The Balaban J connectivity index is 0.000000277. The van der Waals surface area contributed by atoms with E-state index in [4.69, 9.17) is 49.7 Å². The van der Waals surface area contributed by atoms with Crippen LogP contribution >= 0.6 is 0 Å². The topological polar surface area (TPSA) is 625 Å². The monoisotopic (exact) mass is 2030 g/mol. The Morgan fingerprint density at radius 2 is 0.345 bits per heavy atom. The first kappa shape index (κ1) is 121. The van der Waals surface area contributed by atoms with Crippen LogP contribution < -0.4 is 54.0 Å². The molecule has 800 valence electrons. The molecule has 40 heteroatoms. The number of ether oxygens (including phenoxy) is 5. The van der Waals surface area contributed by atoms with Crippen molar-refractivity contribution >= 4 is 88.9 Å². The molecule has 0 saturated heterocycles. The number of aliphatic hydroxyl groups is 5. The number of hydroxylamine groups is 5. The van der Waals surface area contributed by atoms with Gasteiger partial charge in [0.2, 0.25) is 29.5 Å². The first-order valence-corrected chi connectivity index (χ1v) is 50.0. The van der Waals surface area contributed by atoms with Gasteiger partial charge in [-0.2, -0.15) is 0 Å². The van der Waals surface area contributed by atoms with Crippen LogP contribution in [-0.2, 0) is 95.6 Å². The third kappa shape index (κ3) is 40.9. The number of carbonyl (C=O) groups is 15. The summed E-state index contributed by atoms with van der Waals surface area (Å²) in [7, 11) is 0. The molecule has 0 aromatic heterocycles. The van der Waals surface area contributed by atoms with Crippen LogP contribution in [-0.4, -0.2) is 202 Å². The van der Waals surface area contributed by atoms with Crippen LogP contribution in [0.4, 0.5) is 0 Å². The lowest BCUT2D eigenvalue weighted by molar-refractivity contribution is -0.155. The van der Waals surface area contributed by atoms with E-state index >= 15 is 0 Å². The Bertz CT molecular complexity index is 4130. The summed E-state index contributed by atoms with van der Waals surface area (Å²) in [5.74, 6) is -17.2. The van der Waals surface area contributed by atoms with E-state index in [1.165, 1.54) is 27.4 Å². The molecule has 0 unspecified atom stereocenters. The Morgan fingerprint density at radius 1 is 0.221 bits per heavy atom. The normalized spacial score (nSPS) is 17.4. The minimum Gasteiger partial charge on any atom is -0.461 e. The van der Waals surface area contributed by atoms with Crippen LogP contribution in [0.15, 0.2) is 152 Å². The van der Waals surface area contributed by atoms with E-state index in [-0.39, 0.29) is 92.2 Å². The van der Waals surface area contributed by atoms with Crippen molar-refractivity contribution in [2.75, 3.05) is 0 Å². The number of carbonyl (C=O) groups excluding carboxylic acids is 15. The Morgan fingerprint density at radius 3 is 0.455 bits per heavy atom. The SMILES string of the molecule is CC(C)C[C@@H](C(=O)N[C@H](C(=O)OC1CCCC1)c1ccccc1)[C@H](O)C(=O)NO.CC(C)C[C@@H](C(=O)N[C@H](C(=O)OC1CCCC1)c1ccccc1)[C@H](O)C(=O)NO.CC(C)C[C@@H](C(=O)N[C@H](C(=O)OC1CCCC1)c1ccccc1)[C@H](O)C(=O)NO.CC(C)C[C@@H](C(=O)N[C@H](C(=O)OC1CCCC1)c1ccccc1)[C@H](O)C(=O)NO.CC(C)C[C@@H](C(=O)N[C@H](C(=O)OC1CCCC1)c1ccccc1)[C@H](O)C(=O)NO. The highest BCUT2D eigenvalue weighted by atomic mass is 16.6. The van der Waals surface area contributed by atoms with Gasteiger partial charge in [0.25, 0.3) is 29.5 Å². The van der Waals surface area contributed by atoms with Crippen molar-refractivity contribution in [3.8, 4) is 0 Å². The lowest BCUT2D eigenvalue weighted by atomic mass is 9.90. The average molecular weight is 2030 g/mol. The molecule has 5 saturated carbocycles. The molecule has 0 aliphatic heterocycles. The number of amides is 10. The molecule has 5 aliphatic carbocycles. The van der Waals surface area contributed by atoms with Crippen LogP contribution in [0.2, 0.25) is 0 Å². The highest BCUT2D eigenvalue weighted by Gasteiger charge is 2.44. The van der Waals surface area contributed by atoms with Gasteiger partial charge in [0.05, 0.1) is 29.6 Å². The van der Waals surface area contributed by atoms with Crippen molar-refractivity contribution < 1.29 is 147 Å². The summed E-state index contributed by atoms with van der Waals surface area (Å²) in [5.41, 5.74) is 9.59.